The fourth-order valence-electron chi connectivity index (χ4n) is 2.36. The summed E-state index contributed by atoms with van der Waals surface area (Å²) < 4.78 is 62.7. The highest BCUT2D eigenvalue weighted by atomic mass is 32.2. The summed E-state index contributed by atoms with van der Waals surface area (Å²) in [6.45, 7) is 1.56. The number of rotatable bonds is 3. The van der Waals surface area contributed by atoms with E-state index in [1.807, 2.05) is 0 Å². The molecule has 1 saturated heterocycles. The summed E-state index contributed by atoms with van der Waals surface area (Å²) in [6.07, 6.45) is -0.178. The van der Waals surface area contributed by atoms with Crippen LogP contribution in [0.3, 0.4) is 0 Å². The second kappa shape index (κ2) is 4.61. The van der Waals surface area contributed by atoms with Crippen LogP contribution in [0.15, 0.2) is 11.5 Å². The summed E-state index contributed by atoms with van der Waals surface area (Å²) in [6, 6.07) is -0.468. The lowest BCUT2D eigenvalue weighted by atomic mass is 9.82. The number of halogens is 3. The molecule has 1 fully saturated rings. The number of allylic oxidation sites excluding steroid dienone is 1. The first-order chi connectivity index (χ1) is 9.47. The third-order valence-electron chi connectivity index (χ3n) is 3.40. The van der Waals surface area contributed by atoms with Gasteiger partial charge in [-0.2, -0.15) is 21.6 Å². The van der Waals surface area contributed by atoms with Gasteiger partial charge in [0.15, 0.2) is 11.5 Å². The molecule has 1 N–H and O–H groups in total. The van der Waals surface area contributed by atoms with Crippen LogP contribution in [-0.4, -0.2) is 41.9 Å². The van der Waals surface area contributed by atoms with Crippen LogP contribution >= 0.6 is 0 Å². The lowest BCUT2D eigenvalue weighted by molar-refractivity contribution is -0.158. The Hall–Kier alpha value is -1.78. The van der Waals surface area contributed by atoms with Crippen LogP contribution in [0.4, 0.5) is 13.2 Å². The quantitative estimate of drug-likeness (QED) is 0.467. The number of hydrogen-bond donors (Lipinski definition) is 1. The van der Waals surface area contributed by atoms with E-state index in [9.17, 15) is 31.2 Å². The van der Waals surface area contributed by atoms with E-state index in [2.05, 4.69) is 4.18 Å². The van der Waals surface area contributed by atoms with E-state index in [4.69, 9.17) is 5.11 Å². The molecule has 2 heterocycles. The molecule has 0 bridgehead atoms. The first kappa shape index (κ1) is 15.6. The number of hydrogen-bond acceptors (Lipinski definition) is 5. The van der Waals surface area contributed by atoms with E-state index in [0.29, 0.717) is 0 Å². The SMILES string of the molecule is C[C@@H]1C(=O)N2C(C(=O)O)=C(OS(=O)(=O)C(F)(F)F)CC[C@H]12. The maximum Gasteiger partial charge on any atom is 0.534 e. The van der Waals surface area contributed by atoms with Crippen LogP contribution in [0.2, 0.25) is 0 Å². The van der Waals surface area contributed by atoms with E-state index < -0.39 is 50.9 Å². The molecule has 0 saturated carbocycles. The van der Waals surface area contributed by atoms with Crippen LogP contribution in [-0.2, 0) is 23.9 Å². The summed E-state index contributed by atoms with van der Waals surface area (Å²) in [5, 5.41) is 9.03. The lowest BCUT2D eigenvalue weighted by Gasteiger charge is -2.48. The van der Waals surface area contributed by atoms with E-state index in [0.717, 1.165) is 4.90 Å². The Bertz CT molecular complexity index is 638. The standard InChI is InChI=1S/C10H10F3NO6S/c1-4-5-2-3-6(20-21(18,19)10(11,12)13)7(9(16)17)14(5)8(4)15/h4-5H,2-3H2,1H3,(H,16,17)/t4-,5+/m0/s1. The fourth-order valence-corrected chi connectivity index (χ4v) is 2.88. The molecule has 0 aliphatic carbocycles. The Balaban J connectivity index is 2.41. The zero-order chi connectivity index (χ0) is 16.2. The molecule has 2 aliphatic rings. The Morgan fingerprint density at radius 3 is 2.48 bits per heavy atom. The monoisotopic (exact) mass is 329 g/mol. The predicted molar refractivity (Wildman–Crippen MR) is 59.8 cm³/mol. The number of carboxylic acid groups (broad SMARTS) is 1. The summed E-state index contributed by atoms with van der Waals surface area (Å²) in [5.41, 5.74) is -6.52. The van der Waals surface area contributed by atoms with Crippen molar-refractivity contribution in [1.82, 2.24) is 4.90 Å². The Kier molecular flexibility index (Phi) is 3.43. The summed E-state index contributed by atoms with van der Waals surface area (Å²) in [7, 11) is -5.97. The number of β-lactam (4-membered cyclic amide) rings is 1. The van der Waals surface area contributed by atoms with Gasteiger partial charge in [0, 0.05) is 12.5 Å². The molecule has 118 valence electrons. The minimum absolute atomic E-state index is 0.131. The predicted octanol–water partition coefficient (Wildman–Crippen LogP) is 0.790. The fraction of sp³-hybridized carbons (Fsp3) is 0.600. The normalized spacial score (nSPS) is 26.3. The van der Waals surface area contributed by atoms with Gasteiger partial charge in [-0.15, -0.1) is 0 Å². The van der Waals surface area contributed by atoms with E-state index in [1.165, 1.54) is 0 Å². The van der Waals surface area contributed by atoms with Crippen LogP contribution in [0.25, 0.3) is 0 Å². The number of carbonyl (C=O) groups is 2. The first-order valence-corrected chi connectivity index (χ1v) is 7.18. The minimum atomic E-state index is -5.97. The van der Waals surface area contributed by atoms with Gasteiger partial charge in [0.1, 0.15) is 0 Å². The van der Waals surface area contributed by atoms with Crippen molar-refractivity contribution in [1.29, 1.82) is 0 Å². The lowest BCUT2D eigenvalue weighted by Crippen LogP contribution is -2.61. The third kappa shape index (κ3) is 2.34. The van der Waals surface area contributed by atoms with E-state index in [-0.39, 0.29) is 12.8 Å². The van der Waals surface area contributed by atoms with E-state index in [1.54, 1.807) is 6.92 Å². The second-order valence-electron chi connectivity index (χ2n) is 4.66. The van der Waals surface area contributed by atoms with Crippen molar-refractivity contribution < 1.29 is 40.5 Å². The number of carbonyl (C=O) groups excluding carboxylic acids is 1. The van der Waals surface area contributed by atoms with Gasteiger partial charge in [0.2, 0.25) is 5.91 Å². The van der Waals surface area contributed by atoms with Gasteiger partial charge in [0.05, 0.1) is 5.92 Å². The van der Waals surface area contributed by atoms with Gasteiger partial charge in [-0.3, -0.25) is 9.69 Å². The molecule has 1 amide bonds. The highest BCUT2D eigenvalue weighted by Crippen LogP contribution is 2.41. The average molecular weight is 329 g/mol. The van der Waals surface area contributed by atoms with Crippen molar-refractivity contribution >= 4 is 22.0 Å². The molecular weight excluding hydrogens is 319 g/mol. The number of alkyl halides is 3. The van der Waals surface area contributed by atoms with Crippen molar-refractivity contribution in [3.05, 3.63) is 11.5 Å². The summed E-state index contributed by atoms with van der Waals surface area (Å²) >= 11 is 0. The molecule has 0 spiro atoms. The Labute approximate surface area is 117 Å². The largest absolute Gasteiger partial charge is 0.534 e. The molecule has 0 radical (unpaired) electrons. The maximum atomic E-state index is 12.3. The molecule has 2 atom stereocenters. The van der Waals surface area contributed by atoms with Gasteiger partial charge >= 0.3 is 21.6 Å². The first-order valence-electron chi connectivity index (χ1n) is 5.77. The molecule has 0 aromatic rings. The van der Waals surface area contributed by atoms with Gasteiger partial charge in [-0.05, 0) is 6.42 Å². The molecule has 2 aliphatic heterocycles. The van der Waals surface area contributed by atoms with Crippen molar-refractivity contribution in [2.75, 3.05) is 0 Å². The molecule has 2 rings (SSSR count). The highest BCUT2D eigenvalue weighted by Gasteiger charge is 2.54. The number of amides is 1. The smallest absolute Gasteiger partial charge is 0.476 e. The Morgan fingerprint density at radius 1 is 1.43 bits per heavy atom. The number of aliphatic carboxylic acids is 1. The van der Waals surface area contributed by atoms with Crippen molar-refractivity contribution in [2.45, 2.75) is 31.3 Å². The van der Waals surface area contributed by atoms with Crippen LogP contribution in [0.5, 0.6) is 0 Å². The molecule has 0 unspecified atom stereocenters. The molecule has 21 heavy (non-hydrogen) atoms. The van der Waals surface area contributed by atoms with Gasteiger partial charge in [0.25, 0.3) is 0 Å². The molecule has 0 aromatic heterocycles. The van der Waals surface area contributed by atoms with Gasteiger partial charge in [-0.1, -0.05) is 6.92 Å². The molecule has 11 heteroatoms. The van der Waals surface area contributed by atoms with Crippen molar-refractivity contribution in [3.8, 4) is 0 Å². The van der Waals surface area contributed by atoms with Crippen LogP contribution < -0.4 is 0 Å². The molecule has 7 nitrogen and oxygen atoms in total. The third-order valence-corrected chi connectivity index (χ3v) is 4.39. The Morgan fingerprint density at radius 2 is 2.00 bits per heavy atom. The zero-order valence-corrected chi connectivity index (χ0v) is 11.4. The average Bonchev–Trinajstić information content (AvgIpc) is 2.35. The topological polar surface area (TPSA) is 101 Å². The maximum absolute atomic E-state index is 12.3. The van der Waals surface area contributed by atoms with Crippen LogP contribution in [0.1, 0.15) is 19.8 Å². The second-order valence-corrected chi connectivity index (χ2v) is 6.20. The summed E-state index contributed by atoms with van der Waals surface area (Å²) in [4.78, 5) is 23.5. The van der Waals surface area contributed by atoms with Gasteiger partial charge < -0.3 is 9.29 Å². The molecular formula is C10H10F3NO6S. The highest BCUT2D eigenvalue weighted by molar-refractivity contribution is 7.87. The molecule has 0 aromatic carbocycles. The number of carboxylic acids is 1. The zero-order valence-electron chi connectivity index (χ0n) is 10.5. The van der Waals surface area contributed by atoms with E-state index >= 15 is 0 Å². The number of nitrogens with zero attached hydrogens (tertiary/aromatic N) is 1. The summed E-state index contributed by atoms with van der Waals surface area (Å²) in [5.74, 6) is -3.65. The minimum Gasteiger partial charge on any atom is -0.476 e. The van der Waals surface area contributed by atoms with Crippen molar-refractivity contribution in [2.24, 2.45) is 5.92 Å². The van der Waals surface area contributed by atoms with Gasteiger partial charge in [-0.25, -0.2) is 4.79 Å². The van der Waals surface area contributed by atoms with Crippen molar-refractivity contribution in [3.63, 3.8) is 0 Å². The van der Waals surface area contributed by atoms with Crippen LogP contribution in [0, 0.1) is 5.92 Å². The number of fused-ring (bicyclic) bond motifs is 1.